The molecule has 0 radical (unpaired) electrons. The van der Waals surface area contributed by atoms with Crippen LogP contribution in [0.2, 0.25) is 0 Å². The Bertz CT molecular complexity index is 691. The first-order chi connectivity index (χ1) is 9.96. The predicted molar refractivity (Wildman–Crippen MR) is 93.4 cm³/mol. The van der Waals surface area contributed by atoms with E-state index in [2.05, 4.69) is 4.74 Å². The van der Waals surface area contributed by atoms with Crippen molar-refractivity contribution >= 4 is 46.7 Å². The van der Waals surface area contributed by atoms with Crippen molar-refractivity contribution in [3.05, 3.63) is 28.6 Å². The van der Waals surface area contributed by atoms with Gasteiger partial charge in [0.15, 0.2) is 5.78 Å². The number of carbonyl (C=O) groups excluding carboxylic acids is 2. The van der Waals surface area contributed by atoms with Crippen LogP contribution in [0, 0.1) is 5.92 Å². The molecule has 1 N–H and O–H groups in total. The average molecular weight is 340 g/mol. The van der Waals surface area contributed by atoms with Gasteiger partial charge in [-0.2, -0.15) is 13.5 Å². The highest BCUT2D eigenvalue weighted by molar-refractivity contribution is 7.59. The molecule has 0 saturated carbocycles. The Morgan fingerprint density at radius 2 is 2.00 bits per heavy atom. The van der Waals surface area contributed by atoms with Crippen LogP contribution >= 0.6 is 24.8 Å². The molecule has 6 heteroatoms. The Morgan fingerprint density at radius 3 is 2.59 bits per heavy atom. The van der Waals surface area contributed by atoms with Crippen LogP contribution in [0.3, 0.4) is 0 Å². The predicted octanol–water partition coefficient (Wildman–Crippen LogP) is 3.66. The zero-order valence-electron chi connectivity index (χ0n) is 12.8. The third-order valence-corrected chi connectivity index (χ3v) is 4.61. The summed E-state index contributed by atoms with van der Waals surface area (Å²) in [6.07, 6.45) is 0.869. The van der Waals surface area contributed by atoms with Gasteiger partial charge in [0.1, 0.15) is 5.75 Å². The summed E-state index contributed by atoms with van der Waals surface area (Å²) >= 11 is 1.39. The van der Waals surface area contributed by atoms with Crippen LogP contribution in [-0.2, 0) is 16.0 Å². The van der Waals surface area contributed by atoms with E-state index in [1.807, 2.05) is 13.0 Å². The number of carbonyl (C=O) groups is 2. The van der Waals surface area contributed by atoms with Gasteiger partial charge in [-0.25, -0.2) is 0 Å². The van der Waals surface area contributed by atoms with E-state index in [1.54, 1.807) is 19.1 Å². The minimum Gasteiger partial charge on any atom is -0.508 e. The molecular weight excluding hydrogens is 320 g/mol. The number of thiophene rings is 1. The highest BCUT2D eigenvalue weighted by Gasteiger charge is 2.20. The molecule has 0 aliphatic rings. The fourth-order valence-electron chi connectivity index (χ4n) is 2.20. The lowest BCUT2D eigenvalue weighted by Gasteiger charge is -2.06. The number of hydrogen-bond donors (Lipinski definition) is 1. The highest BCUT2D eigenvalue weighted by Crippen LogP contribution is 2.32. The minimum absolute atomic E-state index is 0. The van der Waals surface area contributed by atoms with Gasteiger partial charge >= 0.3 is 5.97 Å². The number of hydrogen-bond acceptors (Lipinski definition) is 5. The van der Waals surface area contributed by atoms with E-state index in [-0.39, 0.29) is 37.4 Å². The van der Waals surface area contributed by atoms with Gasteiger partial charge in [-0.1, -0.05) is 13.8 Å². The summed E-state index contributed by atoms with van der Waals surface area (Å²) in [5.41, 5.74) is 0.867. The van der Waals surface area contributed by atoms with Gasteiger partial charge in [0.2, 0.25) is 0 Å². The van der Waals surface area contributed by atoms with Gasteiger partial charge in [0.05, 0.1) is 17.9 Å². The molecule has 0 fully saturated rings. The lowest BCUT2D eigenvalue weighted by Crippen LogP contribution is -2.16. The molecule has 0 aliphatic heterocycles. The van der Waals surface area contributed by atoms with Gasteiger partial charge in [0, 0.05) is 11.1 Å². The number of aryl methyl sites for hydroxylation is 1. The zero-order valence-corrected chi connectivity index (χ0v) is 14.6. The second-order valence-corrected chi connectivity index (χ2v) is 6.12. The number of rotatable bonds is 5. The van der Waals surface area contributed by atoms with Crippen LogP contribution in [0.25, 0.3) is 10.1 Å². The van der Waals surface area contributed by atoms with E-state index in [1.165, 1.54) is 18.4 Å². The molecule has 0 bridgehead atoms. The van der Waals surface area contributed by atoms with Crippen LogP contribution in [-0.4, -0.2) is 24.0 Å². The SMILES string of the molecule is CCc1cc2sc(C(=O)C[C@H](C)C(=O)OC)cc2cc1O.S. The molecule has 2 rings (SSSR count). The Kier molecular flexibility index (Phi) is 6.44. The molecule has 120 valence electrons. The molecule has 1 aromatic carbocycles. The number of phenolic OH excluding ortho intramolecular Hbond substituents is 1. The fourth-order valence-corrected chi connectivity index (χ4v) is 3.26. The first-order valence-corrected chi connectivity index (χ1v) is 7.64. The Morgan fingerprint density at radius 1 is 1.32 bits per heavy atom. The van der Waals surface area contributed by atoms with Gasteiger partial charge in [-0.05, 0) is 35.6 Å². The molecule has 4 nitrogen and oxygen atoms in total. The maximum absolute atomic E-state index is 12.2. The monoisotopic (exact) mass is 340 g/mol. The Balaban J connectivity index is 0.00000242. The first kappa shape index (κ1) is 18.5. The molecule has 1 aromatic heterocycles. The molecule has 0 aliphatic carbocycles. The standard InChI is InChI=1S/C16H18O4S.H2S/c1-4-10-7-14-11(6-12(10)17)8-15(21-14)13(18)5-9(2)16(19)20-3;/h6-9,17H,4-5H2,1-3H3;1H2/t9-;/m0./s1. The third-order valence-electron chi connectivity index (χ3n) is 3.47. The summed E-state index contributed by atoms with van der Waals surface area (Å²) in [6.45, 7) is 3.65. The van der Waals surface area contributed by atoms with Gasteiger partial charge < -0.3 is 9.84 Å². The molecule has 1 atom stereocenters. The fraction of sp³-hybridized carbons (Fsp3) is 0.375. The van der Waals surface area contributed by atoms with E-state index in [0.717, 1.165) is 22.1 Å². The second kappa shape index (κ2) is 7.65. The van der Waals surface area contributed by atoms with Gasteiger partial charge in [-0.15, -0.1) is 11.3 Å². The van der Waals surface area contributed by atoms with Crippen molar-refractivity contribution in [1.29, 1.82) is 0 Å². The quantitative estimate of drug-likeness (QED) is 0.666. The number of Topliss-reactive ketones (excluding diaryl/α,β-unsaturated/α-hetero) is 1. The molecule has 2 aromatic rings. The zero-order chi connectivity index (χ0) is 15.6. The van der Waals surface area contributed by atoms with E-state index in [9.17, 15) is 14.7 Å². The van der Waals surface area contributed by atoms with Gasteiger partial charge in [-0.3, -0.25) is 9.59 Å². The maximum Gasteiger partial charge on any atom is 0.308 e. The van der Waals surface area contributed by atoms with Crippen LogP contribution < -0.4 is 0 Å². The lowest BCUT2D eigenvalue weighted by molar-refractivity contribution is -0.144. The van der Waals surface area contributed by atoms with Crippen molar-refractivity contribution in [2.45, 2.75) is 26.7 Å². The number of fused-ring (bicyclic) bond motifs is 1. The van der Waals surface area contributed by atoms with Gasteiger partial charge in [0.25, 0.3) is 0 Å². The van der Waals surface area contributed by atoms with Crippen molar-refractivity contribution in [3.8, 4) is 5.75 Å². The number of methoxy groups -OCH3 is 1. The maximum atomic E-state index is 12.2. The van der Waals surface area contributed by atoms with E-state index < -0.39 is 5.92 Å². The summed E-state index contributed by atoms with van der Waals surface area (Å²) < 4.78 is 5.60. The number of ketones is 1. The van der Waals surface area contributed by atoms with Crippen LogP contribution in [0.4, 0.5) is 0 Å². The Hall–Kier alpha value is -1.53. The summed E-state index contributed by atoms with van der Waals surface area (Å²) in [5.74, 6) is -0.654. The largest absolute Gasteiger partial charge is 0.508 e. The smallest absolute Gasteiger partial charge is 0.308 e. The summed E-state index contributed by atoms with van der Waals surface area (Å²) in [4.78, 5) is 24.2. The molecule has 0 amide bonds. The number of phenols is 1. The molecule has 0 unspecified atom stereocenters. The van der Waals surface area contributed by atoms with E-state index in [4.69, 9.17) is 0 Å². The summed E-state index contributed by atoms with van der Waals surface area (Å²) in [7, 11) is 1.32. The molecule has 1 heterocycles. The average Bonchev–Trinajstić information content (AvgIpc) is 2.87. The molecule has 22 heavy (non-hydrogen) atoms. The van der Waals surface area contributed by atoms with Crippen molar-refractivity contribution in [2.24, 2.45) is 5.92 Å². The van der Waals surface area contributed by atoms with Crippen molar-refractivity contribution in [1.82, 2.24) is 0 Å². The number of ether oxygens (including phenoxy) is 1. The normalized spacial score (nSPS) is 11.8. The lowest BCUT2D eigenvalue weighted by atomic mass is 10.0. The third kappa shape index (κ3) is 3.81. The summed E-state index contributed by atoms with van der Waals surface area (Å²) in [6, 6.07) is 5.37. The molecule has 0 saturated heterocycles. The van der Waals surface area contributed by atoms with E-state index in [0.29, 0.717) is 4.88 Å². The van der Waals surface area contributed by atoms with Crippen molar-refractivity contribution in [2.75, 3.05) is 7.11 Å². The van der Waals surface area contributed by atoms with E-state index >= 15 is 0 Å². The van der Waals surface area contributed by atoms with Crippen LogP contribution in [0.15, 0.2) is 18.2 Å². The van der Waals surface area contributed by atoms with Crippen molar-refractivity contribution < 1.29 is 19.4 Å². The molecular formula is C16H20O4S2. The van der Waals surface area contributed by atoms with Crippen LogP contribution in [0.1, 0.15) is 35.5 Å². The topological polar surface area (TPSA) is 63.6 Å². The second-order valence-electron chi connectivity index (χ2n) is 5.03. The minimum atomic E-state index is -0.452. The van der Waals surface area contributed by atoms with Crippen LogP contribution in [0.5, 0.6) is 5.75 Å². The summed E-state index contributed by atoms with van der Waals surface area (Å²) in [5, 5.41) is 10.7. The number of benzene rings is 1. The Labute approximate surface area is 140 Å². The first-order valence-electron chi connectivity index (χ1n) is 6.82. The highest BCUT2D eigenvalue weighted by atomic mass is 32.1. The molecule has 0 spiro atoms. The number of aromatic hydroxyl groups is 1. The number of esters is 1. The van der Waals surface area contributed by atoms with Crippen molar-refractivity contribution in [3.63, 3.8) is 0 Å².